The number of nitrogens with one attached hydrogen (secondary N) is 2. The van der Waals surface area contributed by atoms with Crippen LogP contribution < -0.4 is 15.7 Å². The minimum absolute atomic E-state index is 0.0474. The first-order valence-corrected chi connectivity index (χ1v) is 11.4. The van der Waals surface area contributed by atoms with E-state index in [0.717, 1.165) is 33.0 Å². The number of anilines is 2. The number of rotatable bonds is 13. The SMILES string of the molecule is COCCNc1ccc(N(Cc2ccc(Br)s2)C(=O)CCCCCC(=O)NO)cc1. The van der Waals surface area contributed by atoms with Gasteiger partial charge in [-0.25, -0.2) is 5.48 Å². The van der Waals surface area contributed by atoms with Gasteiger partial charge in [0.15, 0.2) is 0 Å². The zero-order valence-electron chi connectivity index (χ0n) is 17.0. The lowest BCUT2D eigenvalue weighted by atomic mass is 10.1. The van der Waals surface area contributed by atoms with Crippen molar-refractivity contribution in [2.45, 2.75) is 38.6 Å². The van der Waals surface area contributed by atoms with Crippen LogP contribution >= 0.6 is 27.3 Å². The van der Waals surface area contributed by atoms with Gasteiger partial charge in [-0.15, -0.1) is 11.3 Å². The van der Waals surface area contributed by atoms with Crippen molar-refractivity contribution in [2.24, 2.45) is 0 Å². The molecule has 0 aliphatic carbocycles. The fourth-order valence-electron chi connectivity index (χ4n) is 2.90. The molecule has 0 atom stereocenters. The van der Waals surface area contributed by atoms with E-state index >= 15 is 0 Å². The third kappa shape index (κ3) is 8.43. The van der Waals surface area contributed by atoms with Gasteiger partial charge < -0.3 is 15.0 Å². The number of hydrogen-bond acceptors (Lipinski definition) is 6. The van der Waals surface area contributed by atoms with Crippen molar-refractivity contribution < 1.29 is 19.5 Å². The molecule has 0 fully saturated rings. The summed E-state index contributed by atoms with van der Waals surface area (Å²) in [6, 6.07) is 11.8. The number of hydrogen-bond donors (Lipinski definition) is 3. The van der Waals surface area contributed by atoms with Crippen LogP contribution in [0.4, 0.5) is 11.4 Å². The molecule has 0 unspecified atom stereocenters. The summed E-state index contributed by atoms with van der Waals surface area (Å²) in [5.41, 5.74) is 3.45. The predicted octanol–water partition coefficient (Wildman–Crippen LogP) is 4.56. The highest BCUT2D eigenvalue weighted by Gasteiger charge is 2.17. The lowest BCUT2D eigenvalue weighted by molar-refractivity contribution is -0.129. The van der Waals surface area contributed by atoms with E-state index in [-0.39, 0.29) is 12.3 Å². The summed E-state index contributed by atoms with van der Waals surface area (Å²) >= 11 is 5.09. The molecule has 0 saturated carbocycles. The Hall–Kier alpha value is -1.94. The minimum Gasteiger partial charge on any atom is -0.383 e. The number of carbonyl (C=O) groups is 2. The van der Waals surface area contributed by atoms with Crippen molar-refractivity contribution in [1.82, 2.24) is 5.48 Å². The monoisotopic (exact) mass is 497 g/mol. The van der Waals surface area contributed by atoms with Crippen LogP contribution in [-0.4, -0.2) is 37.3 Å². The number of amides is 2. The zero-order chi connectivity index (χ0) is 21.8. The Bertz CT molecular complexity index is 798. The summed E-state index contributed by atoms with van der Waals surface area (Å²) in [6.07, 6.45) is 2.74. The van der Waals surface area contributed by atoms with E-state index in [2.05, 4.69) is 21.2 Å². The molecule has 2 rings (SSSR count). The number of benzene rings is 1. The molecule has 0 spiro atoms. The predicted molar refractivity (Wildman–Crippen MR) is 123 cm³/mol. The number of carbonyl (C=O) groups excluding carboxylic acids is 2. The molecule has 1 aromatic carbocycles. The number of unbranched alkanes of at least 4 members (excludes halogenated alkanes) is 2. The topological polar surface area (TPSA) is 90.9 Å². The van der Waals surface area contributed by atoms with E-state index < -0.39 is 5.91 Å². The number of nitrogens with zero attached hydrogens (tertiary/aromatic N) is 1. The molecule has 2 amide bonds. The second-order valence-corrected chi connectivity index (χ2v) is 9.30. The Labute approximate surface area is 189 Å². The van der Waals surface area contributed by atoms with Gasteiger partial charge in [-0.1, -0.05) is 6.42 Å². The Morgan fingerprint density at radius 1 is 1.10 bits per heavy atom. The first-order valence-electron chi connectivity index (χ1n) is 9.84. The minimum atomic E-state index is -0.398. The van der Waals surface area contributed by atoms with Crippen LogP contribution in [0.5, 0.6) is 0 Å². The quantitative estimate of drug-likeness (QED) is 0.214. The maximum atomic E-state index is 13.0. The van der Waals surface area contributed by atoms with E-state index in [4.69, 9.17) is 9.94 Å². The molecule has 7 nitrogen and oxygen atoms in total. The normalized spacial score (nSPS) is 10.6. The first kappa shape index (κ1) is 24.3. The van der Waals surface area contributed by atoms with Gasteiger partial charge in [-0.3, -0.25) is 14.8 Å². The Morgan fingerprint density at radius 3 is 2.47 bits per heavy atom. The molecule has 30 heavy (non-hydrogen) atoms. The van der Waals surface area contributed by atoms with Crippen molar-refractivity contribution in [2.75, 3.05) is 30.5 Å². The lowest BCUT2D eigenvalue weighted by Crippen LogP contribution is -2.29. The van der Waals surface area contributed by atoms with E-state index in [1.165, 1.54) is 0 Å². The summed E-state index contributed by atoms with van der Waals surface area (Å²) < 4.78 is 6.08. The summed E-state index contributed by atoms with van der Waals surface area (Å²) in [5, 5.41) is 11.8. The van der Waals surface area contributed by atoms with Crippen molar-refractivity contribution in [1.29, 1.82) is 0 Å². The highest BCUT2D eigenvalue weighted by atomic mass is 79.9. The Morgan fingerprint density at radius 2 is 1.83 bits per heavy atom. The van der Waals surface area contributed by atoms with Gasteiger partial charge in [0.25, 0.3) is 0 Å². The van der Waals surface area contributed by atoms with E-state index in [1.54, 1.807) is 28.8 Å². The molecule has 164 valence electrons. The smallest absolute Gasteiger partial charge is 0.243 e. The molecule has 0 saturated heterocycles. The summed E-state index contributed by atoms with van der Waals surface area (Å²) in [5.74, 6) is -0.350. The lowest BCUT2D eigenvalue weighted by Gasteiger charge is -2.23. The van der Waals surface area contributed by atoms with E-state index in [9.17, 15) is 9.59 Å². The molecule has 0 aliphatic rings. The van der Waals surface area contributed by atoms with Crippen LogP contribution in [0.3, 0.4) is 0 Å². The van der Waals surface area contributed by atoms with Gasteiger partial charge in [0.1, 0.15) is 0 Å². The molecule has 0 radical (unpaired) electrons. The third-order valence-electron chi connectivity index (χ3n) is 4.48. The van der Waals surface area contributed by atoms with Crippen LogP contribution in [0, 0.1) is 0 Å². The number of hydroxylamine groups is 1. The van der Waals surface area contributed by atoms with Crippen LogP contribution in [-0.2, 0) is 20.9 Å². The van der Waals surface area contributed by atoms with Gasteiger partial charge in [0.05, 0.1) is 16.9 Å². The number of halogens is 1. The van der Waals surface area contributed by atoms with Gasteiger partial charge in [-0.2, -0.15) is 0 Å². The second kappa shape index (κ2) is 13.4. The fraction of sp³-hybridized carbons (Fsp3) is 0.429. The van der Waals surface area contributed by atoms with Crippen molar-refractivity contribution in [3.63, 3.8) is 0 Å². The molecule has 3 N–H and O–H groups in total. The molecular formula is C21H28BrN3O4S. The standard InChI is InChI=1S/C21H28BrN3O4S/c1-29-14-13-23-16-7-9-17(10-8-16)25(15-18-11-12-19(22)30-18)21(27)6-4-2-3-5-20(26)24-28/h7-12,23,28H,2-6,13-15H2,1H3,(H,24,26). The Kier molecular flexibility index (Phi) is 10.9. The molecule has 1 heterocycles. The molecule has 9 heteroatoms. The molecule has 0 bridgehead atoms. The third-order valence-corrected chi connectivity index (χ3v) is 6.09. The highest BCUT2D eigenvalue weighted by Crippen LogP contribution is 2.27. The van der Waals surface area contributed by atoms with Gasteiger partial charge in [0.2, 0.25) is 11.8 Å². The van der Waals surface area contributed by atoms with Gasteiger partial charge in [-0.05, 0) is 65.2 Å². The molecule has 1 aromatic heterocycles. The maximum absolute atomic E-state index is 13.0. The van der Waals surface area contributed by atoms with Gasteiger partial charge in [0, 0.05) is 42.7 Å². The average molecular weight is 498 g/mol. The second-order valence-electron chi connectivity index (χ2n) is 6.75. The van der Waals surface area contributed by atoms with Crippen LogP contribution in [0.2, 0.25) is 0 Å². The largest absolute Gasteiger partial charge is 0.383 e. The maximum Gasteiger partial charge on any atom is 0.243 e. The molecule has 2 aromatic rings. The van der Waals surface area contributed by atoms with Crippen LogP contribution in [0.1, 0.15) is 37.0 Å². The number of ether oxygens (including phenoxy) is 1. The average Bonchev–Trinajstić information content (AvgIpc) is 3.17. The van der Waals surface area contributed by atoms with Crippen LogP contribution in [0.25, 0.3) is 0 Å². The van der Waals surface area contributed by atoms with Gasteiger partial charge >= 0.3 is 0 Å². The van der Waals surface area contributed by atoms with Crippen molar-refractivity contribution in [3.05, 3.63) is 45.1 Å². The summed E-state index contributed by atoms with van der Waals surface area (Å²) in [4.78, 5) is 26.9. The van der Waals surface area contributed by atoms with Crippen molar-refractivity contribution in [3.8, 4) is 0 Å². The van der Waals surface area contributed by atoms with E-state index in [0.29, 0.717) is 32.4 Å². The van der Waals surface area contributed by atoms with E-state index in [1.807, 2.05) is 36.4 Å². The highest BCUT2D eigenvalue weighted by molar-refractivity contribution is 9.11. The van der Waals surface area contributed by atoms with Crippen molar-refractivity contribution >= 4 is 50.5 Å². The zero-order valence-corrected chi connectivity index (χ0v) is 19.4. The Balaban J connectivity index is 1.99. The number of thiophene rings is 1. The summed E-state index contributed by atoms with van der Waals surface area (Å²) in [6.45, 7) is 1.86. The molecular weight excluding hydrogens is 470 g/mol. The van der Waals surface area contributed by atoms with Crippen LogP contribution in [0.15, 0.2) is 40.2 Å². The fourth-order valence-corrected chi connectivity index (χ4v) is 4.37. The molecule has 0 aliphatic heterocycles. The summed E-state index contributed by atoms with van der Waals surface area (Å²) in [7, 11) is 1.67. The number of methoxy groups -OCH3 is 1. The first-order chi connectivity index (χ1) is 14.5.